The van der Waals surface area contributed by atoms with E-state index in [-0.39, 0.29) is 17.5 Å². The molecule has 0 unspecified atom stereocenters. The van der Waals surface area contributed by atoms with Crippen molar-refractivity contribution >= 4 is 21.8 Å². The first-order chi connectivity index (χ1) is 7.08. The van der Waals surface area contributed by atoms with Gasteiger partial charge >= 0.3 is 0 Å². The van der Waals surface area contributed by atoms with Gasteiger partial charge in [-0.1, -0.05) is 15.9 Å². The van der Waals surface area contributed by atoms with Gasteiger partial charge in [0.05, 0.1) is 5.56 Å². The summed E-state index contributed by atoms with van der Waals surface area (Å²) in [5.41, 5.74) is 5.65. The van der Waals surface area contributed by atoms with Gasteiger partial charge in [-0.2, -0.15) is 0 Å². The van der Waals surface area contributed by atoms with E-state index in [2.05, 4.69) is 15.9 Å². The highest BCUT2D eigenvalue weighted by molar-refractivity contribution is 9.10. The van der Waals surface area contributed by atoms with Crippen LogP contribution in [0, 0.1) is 5.82 Å². The Morgan fingerprint density at radius 2 is 2.20 bits per heavy atom. The van der Waals surface area contributed by atoms with E-state index in [1.54, 1.807) is 6.07 Å². The van der Waals surface area contributed by atoms with Crippen molar-refractivity contribution in [3.63, 3.8) is 0 Å². The molecule has 0 atom stereocenters. The van der Waals surface area contributed by atoms with Crippen LogP contribution in [0.4, 0.5) is 4.39 Å². The lowest BCUT2D eigenvalue weighted by atomic mass is 10.1. The van der Waals surface area contributed by atoms with E-state index in [9.17, 15) is 9.18 Å². The van der Waals surface area contributed by atoms with Gasteiger partial charge < -0.3 is 10.6 Å². The Morgan fingerprint density at radius 3 is 2.80 bits per heavy atom. The second-order valence-corrected chi connectivity index (χ2v) is 4.51. The van der Waals surface area contributed by atoms with Gasteiger partial charge in [-0.3, -0.25) is 4.79 Å². The Kier molecular flexibility index (Phi) is 2.75. The van der Waals surface area contributed by atoms with Crippen LogP contribution >= 0.6 is 15.9 Å². The Bertz CT molecular complexity index is 404. The highest BCUT2D eigenvalue weighted by Gasteiger charge is 2.29. The van der Waals surface area contributed by atoms with Crippen LogP contribution in [-0.2, 0) is 0 Å². The van der Waals surface area contributed by atoms with Crippen molar-refractivity contribution in [2.24, 2.45) is 5.73 Å². The number of amides is 1. The summed E-state index contributed by atoms with van der Waals surface area (Å²) in [5.74, 6) is -0.792. The van der Waals surface area contributed by atoms with Crippen LogP contribution in [0.15, 0.2) is 22.7 Å². The molecule has 0 saturated carbocycles. The zero-order valence-corrected chi connectivity index (χ0v) is 9.50. The molecule has 2 rings (SSSR count). The zero-order chi connectivity index (χ0) is 11.0. The van der Waals surface area contributed by atoms with E-state index >= 15 is 0 Å². The summed E-state index contributed by atoms with van der Waals surface area (Å²) in [6.45, 7) is 1.01. The Hall–Kier alpha value is -0.940. The molecular weight excluding hydrogens is 263 g/mol. The third-order valence-electron chi connectivity index (χ3n) is 2.36. The van der Waals surface area contributed by atoms with Gasteiger partial charge in [0.15, 0.2) is 0 Å². The average Bonchev–Trinajstić information content (AvgIpc) is 2.16. The number of hydrogen-bond acceptors (Lipinski definition) is 2. The molecule has 0 aromatic heterocycles. The standard InChI is InChI=1S/C10H10BrFN2O/c11-6-1-2-9(12)8(3-6)10(15)14-4-7(13)5-14/h1-3,7H,4-5,13H2. The molecule has 3 nitrogen and oxygen atoms in total. The van der Waals surface area contributed by atoms with E-state index in [0.717, 1.165) is 0 Å². The lowest BCUT2D eigenvalue weighted by Crippen LogP contribution is -2.57. The highest BCUT2D eigenvalue weighted by atomic mass is 79.9. The average molecular weight is 273 g/mol. The van der Waals surface area contributed by atoms with E-state index in [4.69, 9.17) is 5.73 Å². The van der Waals surface area contributed by atoms with Crippen molar-refractivity contribution in [2.75, 3.05) is 13.1 Å². The molecule has 1 heterocycles. The first-order valence-corrected chi connectivity index (χ1v) is 5.37. The van der Waals surface area contributed by atoms with Gasteiger partial charge in [-0.25, -0.2) is 4.39 Å². The van der Waals surface area contributed by atoms with Crippen molar-refractivity contribution in [1.29, 1.82) is 0 Å². The molecular formula is C10H10BrFN2O. The number of rotatable bonds is 1. The lowest BCUT2D eigenvalue weighted by Gasteiger charge is -2.36. The van der Waals surface area contributed by atoms with Gasteiger partial charge in [0.25, 0.3) is 5.91 Å². The van der Waals surface area contributed by atoms with Crippen molar-refractivity contribution in [1.82, 2.24) is 4.90 Å². The molecule has 1 aliphatic rings. The van der Waals surface area contributed by atoms with Crippen molar-refractivity contribution in [2.45, 2.75) is 6.04 Å². The normalized spacial score (nSPS) is 16.3. The molecule has 1 fully saturated rings. The number of carbonyl (C=O) groups excluding carboxylic acids is 1. The van der Waals surface area contributed by atoms with Crippen LogP contribution < -0.4 is 5.73 Å². The van der Waals surface area contributed by atoms with Gasteiger partial charge in [0, 0.05) is 23.6 Å². The number of hydrogen-bond donors (Lipinski definition) is 1. The fourth-order valence-electron chi connectivity index (χ4n) is 1.51. The van der Waals surface area contributed by atoms with E-state index < -0.39 is 5.82 Å². The van der Waals surface area contributed by atoms with Gasteiger partial charge in [-0.15, -0.1) is 0 Å². The molecule has 5 heteroatoms. The number of benzene rings is 1. The predicted octanol–water partition coefficient (Wildman–Crippen LogP) is 1.37. The summed E-state index contributed by atoms with van der Waals surface area (Å²) in [6.07, 6.45) is 0. The maximum absolute atomic E-state index is 13.3. The predicted molar refractivity (Wildman–Crippen MR) is 58.0 cm³/mol. The maximum Gasteiger partial charge on any atom is 0.256 e. The fraction of sp³-hybridized carbons (Fsp3) is 0.300. The van der Waals surface area contributed by atoms with Gasteiger partial charge in [0.1, 0.15) is 5.82 Å². The number of halogens is 2. The molecule has 0 aliphatic carbocycles. The van der Waals surface area contributed by atoms with Crippen LogP contribution in [0.2, 0.25) is 0 Å². The minimum Gasteiger partial charge on any atom is -0.335 e. The smallest absolute Gasteiger partial charge is 0.256 e. The fourth-order valence-corrected chi connectivity index (χ4v) is 1.87. The summed E-state index contributed by atoms with van der Waals surface area (Å²) in [5, 5.41) is 0. The minimum atomic E-state index is -0.497. The number of nitrogens with two attached hydrogens (primary N) is 1. The molecule has 1 aromatic carbocycles. The zero-order valence-electron chi connectivity index (χ0n) is 7.91. The first kappa shape index (κ1) is 10.6. The van der Waals surface area contributed by atoms with E-state index in [1.165, 1.54) is 17.0 Å². The van der Waals surface area contributed by atoms with Crippen LogP contribution in [-0.4, -0.2) is 29.9 Å². The number of likely N-dealkylation sites (tertiary alicyclic amines) is 1. The van der Waals surface area contributed by atoms with Crippen LogP contribution in [0.1, 0.15) is 10.4 Å². The van der Waals surface area contributed by atoms with Crippen molar-refractivity contribution < 1.29 is 9.18 Å². The van der Waals surface area contributed by atoms with Crippen LogP contribution in [0.3, 0.4) is 0 Å². The van der Waals surface area contributed by atoms with Crippen molar-refractivity contribution in [3.05, 3.63) is 34.1 Å². The molecule has 1 amide bonds. The Labute approximate surface area is 95.2 Å². The van der Waals surface area contributed by atoms with Crippen LogP contribution in [0.25, 0.3) is 0 Å². The number of carbonyl (C=O) groups is 1. The molecule has 0 radical (unpaired) electrons. The summed E-state index contributed by atoms with van der Waals surface area (Å²) in [6, 6.07) is 4.36. The highest BCUT2D eigenvalue weighted by Crippen LogP contribution is 2.19. The molecule has 0 bridgehead atoms. The molecule has 1 aromatic rings. The molecule has 0 spiro atoms. The third kappa shape index (κ3) is 2.03. The summed E-state index contributed by atoms with van der Waals surface area (Å²) in [4.78, 5) is 13.3. The molecule has 2 N–H and O–H groups in total. The Morgan fingerprint density at radius 1 is 1.53 bits per heavy atom. The Balaban J connectivity index is 2.22. The molecule has 1 aliphatic heterocycles. The van der Waals surface area contributed by atoms with Crippen LogP contribution in [0.5, 0.6) is 0 Å². The van der Waals surface area contributed by atoms with Gasteiger partial charge in [-0.05, 0) is 18.2 Å². The minimum absolute atomic E-state index is 0.0316. The topological polar surface area (TPSA) is 46.3 Å². The largest absolute Gasteiger partial charge is 0.335 e. The van der Waals surface area contributed by atoms with E-state index in [1.807, 2.05) is 0 Å². The van der Waals surface area contributed by atoms with E-state index in [0.29, 0.717) is 17.6 Å². The summed E-state index contributed by atoms with van der Waals surface area (Å²) < 4.78 is 14.0. The molecule has 1 saturated heterocycles. The summed E-state index contributed by atoms with van der Waals surface area (Å²) >= 11 is 3.20. The SMILES string of the molecule is NC1CN(C(=O)c2cc(Br)ccc2F)C1. The second-order valence-electron chi connectivity index (χ2n) is 3.59. The monoisotopic (exact) mass is 272 g/mol. The van der Waals surface area contributed by atoms with Gasteiger partial charge in [0.2, 0.25) is 0 Å². The lowest BCUT2D eigenvalue weighted by molar-refractivity contribution is 0.0603. The third-order valence-corrected chi connectivity index (χ3v) is 2.85. The maximum atomic E-state index is 13.3. The molecule has 80 valence electrons. The van der Waals surface area contributed by atoms with Crippen molar-refractivity contribution in [3.8, 4) is 0 Å². The quantitative estimate of drug-likeness (QED) is 0.840. The summed E-state index contributed by atoms with van der Waals surface area (Å²) in [7, 11) is 0. The first-order valence-electron chi connectivity index (χ1n) is 4.58. The molecule has 15 heavy (non-hydrogen) atoms. The second kappa shape index (κ2) is 3.90. The number of nitrogens with zero attached hydrogens (tertiary/aromatic N) is 1.